The number of carbonyl (C=O) groups is 2. The van der Waals surface area contributed by atoms with Crippen molar-refractivity contribution in [1.29, 1.82) is 0 Å². The van der Waals surface area contributed by atoms with Crippen molar-refractivity contribution < 1.29 is 14.4 Å². The molecule has 5 nitrogen and oxygen atoms in total. The molecular formula is C17H16N2O3. The Hall–Kier alpha value is -2.82. The smallest absolute Gasteiger partial charge is 0.336 e. The molecule has 2 aromatic rings. The van der Waals surface area contributed by atoms with Crippen LogP contribution in [0.1, 0.15) is 30.1 Å². The van der Waals surface area contributed by atoms with E-state index in [1.807, 2.05) is 60.7 Å². The fourth-order valence-electron chi connectivity index (χ4n) is 2.68. The fourth-order valence-corrected chi connectivity index (χ4v) is 2.68. The quantitative estimate of drug-likeness (QED) is 0.947. The average molecular weight is 296 g/mol. The summed E-state index contributed by atoms with van der Waals surface area (Å²) in [5.74, 6) is -0.523. The summed E-state index contributed by atoms with van der Waals surface area (Å²) in [5.41, 5.74) is 1.86. The molecule has 2 amide bonds. The van der Waals surface area contributed by atoms with Crippen molar-refractivity contribution in [2.45, 2.75) is 19.0 Å². The number of hydrogen-bond acceptors (Lipinski definition) is 3. The van der Waals surface area contributed by atoms with Gasteiger partial charge in [0.1, 0.15) is 6.04 Å². The lowest BCUT2D eigenvalue weighted by Gasteiger charge is -2.25. The lowest BCUT2D eigenvalue weighted by molar-refractivity contribution is -0.179. The molecule has 2 aromatic carbocycles. The van der Waals surface area contributed by atoms with Gasteiger partial charge in [0.05, 0.1) is 6.04 Å². The molecule has 0 saturated carbocycles. The summed E-state index contributed by atoms with van der Waals surface area (Å²) < 4.78 is 0. The second-order valence-corrected chi connectivity index (χ2v) is 5.10. The van der Waals surface area contributed by atoms with Crippen LogP contribution < -0.4 is 5.32 Å². The maximum Gasteiger partial charge on any atom is 0.351 e. The summed E-state index contributed by atoms with van der Waals surface area (Å²) in [6.07, 6.45) is 0. The van der Waals surface area contributed by atoms with Gasteiger partial charge >= 0.3 is 12.0 Å². The van der Waals surface area contributed by atoms with E-state index in [1.54, 1.807) is 0 Å². The van der Waals surface area contributed by atoms with Gasteiger partial charge in [-0.3, -0.25) is 4.79 Å². The first-order chi connectivity index (χ1) is 10.7. The minimum absolute atomic E-state index is 0.282. The number of hydroxylamine groups is 2. The summed E-state index contributed by atoms with van der Waals surface area (Å²) in [6, 6.07) is 18.1. The molecule has 1 heterocycles. The van der Waals surface area contributed by atoms with Gasteiger partial charge in [-0.2, -0.15) is 0 Å². The standard InChI is InChI=1S/C17H16N2O3/c1-12(20)22-19-16(14-10-6-3-7-11-14)15(18-17(19)21)13-8-4-2-5-9-13/h2-11,15-16H,1H3,(H,18,21)/t15-,16-/m1/s1. The minimum Gasteiger partial charge on any atom is -0.336 e. The van der Waals surface area contributed by atoms with Crippen LogP contribution in [0.3, 0.4) is 0 Å². The number of benzene rings is 2. The van der Waals surface area contributed by atoms with Gasteiger partial charge in [0, 0.05) is 6.92 Å². The van der Waals surface area contributed by atoms with Crippen LogP contribution in [0, 0.1) is 0 Å². The molecule has 2 atom stereocenters. The lowest BCUT2D eigenvalue weighted by atomic mass is 9.95. The highest BCUT2D eigenvalue weighted by atomic mass is 16.7. The van der Waals surface area contributed by atoms with Crippen molar-refractivity contribution in [2.24, 2.45) is 0 Å². The van der Waals surface area contributed by atoms with Gasteiger partial charge in [-0.1, -0.05) is 60.7 Å². The predicted octanol–water partition coefficient (Wildman–Crippen LogP) is 2.97. The van der Waals surface area contributed by atoms with Crippen LogP contribution in [0.2, 0.25) is 0 Å². The third-order valence-corrected chi connectivity index (χ3v) is 3.57. The van der Waals surface area contributed by atoms with Gasteiger partial charge < -0.3 is 10.2 Å². The first kappa shape index (κ1) is 14.1. The van der Waals surface area contributed by atoms with Gasteiger partial charge in [-0.15, -0.1) is 5.06 Å². The maximum absolute atomic E-state index is 12.2. The topological polar surface area (TPSA) is 58.6 Å². The van der Waals surface area contributed by atoms with E-state index in [0.29, 0.717) is 0 Å². The van der Waals surface area contributed by atoms with Crippen LogP contribution in [0.15, 0.2) is 60.7 Å². The normalized spacial score (nSPS) is 20.6. The summed E-state index contributed by atoms with van der Waals surface area (Å²) >= 11 is 0. The molecule has 1 N–H and O–H groups in total. The molecule has 1 saturated heterocycles. The maximum atomic E-state index is 12.2. The highest BCUT2D eigenvalue weighted by Crippen LogP contribution is 2.38. The average Bonchev–Trinajstić information content (AvgIpc) is 2.85. The Morgan fingerprint density at radius 1 is 1.00 bits per heavy atom. The zero-order valence-electron chi connectivity index (χ0n) is 12.1. The van der Waals surface area contributed by atoms with Crippen molar-refractivity contribution in [3.63, 3.8) is 0 Å². The largest absolute Gasteiger partial charge is 0.351 e. The molecule has 22 heavy (non-hydrogen) atoms. The van der Waals surface area contributed by atoms with E-state index >= 15 is 0 Å². The second kappa shape index (κ2) is 5.89. The molecular weight excluding hydrogens is 280 g/mol. The number of carbonyl (C=O) groups excluding carboxylic acids is 2. The summed E-state index contributed by atoms with van der Waals surface area (Å²) in [7, 11) is 0. The Morgan fingerprint density at radius 2 is 1.55 bits per heavy atom. The van der Waals surface area contributed by atoms with E-state index in [-0.39, 0.29) is 6.04 Å². The van der Waals surface area contributed by atoms with Gasteiger partial charge in [-0.25, -0.2) is 4.79 Å². The van der Waals surface area contributed by atoms with Gasteiger partial charge in [0.2, 0.25) is 0 Å². The number of rotatable bonds is 3. The van der Waals surface area contributed by atoms with Crippen LogP contribution in [-0.2, 0) is 9.63 Å². The number of nitrogens with one attached hydrogen (secondary N) is 1. The Bertz CT molecular complexity index is 673. The molecule has 112 valence electrons. The first-order valence-electron chi connectivity index (χ1n) is 7.05. The van der Waals surface area contributed by atoms with Crippen LogP contribution in [0.25, 0.3) is 0 Å². The Labute approximate surface area is 128 Å². The minimum atomic E-state index is -0.523. The predicted molar refractivity (Wildman–Crippen MR) is 80.5 cm³/mol. The van der Waals surface area contributed by atoms with Gasteiger partial charge in [0.15, 0.2) is 0 Å². The van der Waals surface area contributed by atoms with Crippen LogP contribution in [0.5, 0.6) is 0 Å². The van der Waals surface area contributed by atoms with Crippen molar-refractivity contribution in [2.75, 3.05) is 0 Å². The van der Waals surface area contributed by atoms with Crippen LogP contribution in [-0.4, -0.2) is 17.1 Å². The molecule has 1 aliphatic heterocycles. The zero-order chi connectivity index (χ0) is 15.5. The number of urea groups is 1. The van der Waals surface area contributed by atoms with E-state index in [1.165, 1.54) is 6.92 Å². The fraction of sp³-hybridized carbons (Fsp3) is 0.176. The van der Waals surface area contributed by atoms with Crippen LogP contribution >= 0.6 is 0 Å². The molecule has 0 bridgehead atoms. The second-order valence-electron chi connectivity index (χ2n) is 5.10. The summed E-state index contributed by atoms with van der Waals surface area (Å²) in [6.45, 7) is 1.28. The summed E-state index contributed by atoms with van der Waals surface area (Å²) in [4.78, 5) is 28.7. The highest BCUT2D eigenvalue weighted by Gasteiger charge is 2.43. The molecule has 0 aliphatic carbocycles. The van der Waals surface area contributed by atoms with Crippen molar-refractivity contribution in [1.82, 2.24) is 10.4 Å². The number of amides is 2. The molecule has 0 spiro atoms. The van der Waals surface area contributed by atoms with Gasteiger partial charge in [0.25, 0.3) is 0 Å². The Balaban J connectivity index is 2.02. The molecule has 1 aliphatic rings. The molecule has 0 radical (unpaired) electrons. The molecule has 3 rings (SSSR count). The number of nitrogens with zero attached hydrogens (tertiary/aromatic N) is 1. The third-order valence-electron chi connectivity index (χ3n) is 3.57. The van der Waals surface area contributed by atoms with E-state index in [4.69, 9.17) is 4.84 Å². The molecule has 0 aromatic heterocycles. The molecule has 1 fully saturated rings. The Kier molecular flexibility index (Phi) is 3.78. The Morgan fingerprint density at radius 3 is 2.09 bits per heavy atom. The van der Waals surface area contributed by atoms with Crippen molar-refractivity contribution >= 4 is 12.0 Å². The van der Waals surface area contributed by atoms with Crippen molar-refractivity contribution in [3.05, 3.63) is 71.8 Å². The van der Waals surface area contributed by atoms with Crippen molar-refractivity contribution in [3.8, 4) is 0 Å². The zero-order valence-corrected chi connectivity index (χ0v) is 12.1. The first-order valence-corrected chi connectivity index (χ1v) is 7.05. The summed E-state index contributed by atoms with van der Waals surface area (Å²) in [5, 5.41) is 4.00. The van der Waals surface area contributed by atoms with Crippen LogP contribution in [0.4, 0.5) is 4.79 Å². The van der Waals surface area contributed by atoms with E-state index in [2.05, 4.69) is 5.32 Å². The highest BCUT2D eigenvalue weighted by molar-refractivity contribution is 5.79. The lowest BCUT2D eigenvalue weighted by Crippen LogP contribution is -2.31. The van der Waals surface area contributed by atoms with E-state index < -0.39 is 18.0 Å². The monoisotopic (exact) mass is 296 g/mol. The van der Waals surface area contributed by atoms with E-state index in [0.717, 1.165) is 16.2 Å². The third kappa shape index (κ3) is 2.65. The van der Waals surface area contributed by atoms with Gasteiger partial charge in [-0.05, 0) is 11.1 Å². The van der Waals surface area contributed by atoms with E-state index in [9.17, 15) is 9.59 Å². The molecule has 0 unspecified atom stereocenters. The molecule has 5 heteroatoms. The SMILES string of the molecule is CC(=O)ON1C(=O)N[C@H](c2ccccc2)[C@H]1c1ccccc1. The number of hydrogen-bond donors (Lipinski definition) is 1.